The van der Waals surface area contributed by atoms with Crippen LogP contribution in [0.15, 0.2) is 30.4 Å². The molecule has 0 aliphatic heterocycles. The highest BCUT2D eigenvalue weighted by Gasteiger charge is 2.37. The number of rotatable bonds is 13. The minimum absolute atomic E-state index is 0.127. The summed E-state index contributed by atoms with van der Waals surface area (Å²) >= 11 is 0. The summed E-state index contributed by atoms with van der Waals surface area (Å²) < 4.78 is 35.7. The molecule has 1 aromatic carbocycles. The molecule has 0 aliphatic rings. The van der Waals surface area contributed by atoms with Crippen LogP contribution >= 0.6 is 0 Å². The second kappa shape index (κ2) is 13.3. The normalized spacial score (nSPS) is 12.7. The first kappa shape index (κ1) is 31.8. The molecule has 2 aromatic heterocycles. The monoisotopic (exact) mass is 571 g/mol. The van der Waals surface area contributed by atoms with E-state index in [9.17, 15) is 9.18 Å². The second-order valence-corrected chi connectivity index (χ2v) is 16.6. The Bertz CT molecular complexity index is 1350. The lowest BCUT2D eigenvalue weighted by molar-refractivity contribution is 0.0513. The molecule has 0 fully saturated rings. The number of hydrogen-bond donors (Lipinski definition) is 0. The molecule has 2 heterocycles. The standard InChI is InChI=1S/C31H46FN3O4Si/c1-10-38-30(36)29-26(14-13-19-39-40(8,9)31(4,5)6)25-16-15-24(32)20-28(25)35(29)17-11-12-18-37-21-27-22(2)23(3)34(7)33-27/h11-12,15-16,20H,10,13-14,17-19,21H2,1-9H3/b12-11-. The molecule has 3 rings (SSSR count). The maximum atomic E-state index is 14.4. The van der Waals surface area contributed by atoms with Crippen LogP contribution < -0.4 is 0 Å². The molecule has 9 heteroatoms. The van der Waals surface area contributed by atoms with Gasteiger partial charge >= 0.3 is 5.97 Å². The fourth-order valence-electron chi connectivity index (χ4n) is 4.45. The molecular weight excluding hydrogens is 525 g/mol. The van der Waals surface area contributed by atoms with Gasteiger partial charge in [-0.05, 0) is 81.1 Å². The van der Waals surface area contributed by atoms with Gasteiger partial charge in [-0.25, -0.2) is 9.18 Å². The van der Waals surface area contributed by atoms with Gasteiger partial charge in [0.05, 0.1) is 31.0 Å². The number of ether oxygens (including phenoxy) is 2. The number of allylic oxidation sites excluding steroid dienone is 1. The molecule has 0 N–H and O–H groups in total. The Balaban J connectivity index is 1.79. The van der Waals surface area contributed by atoms with Gasteiger partial charge < -0.3 is 18.5 Å². The minimum Gasteiger partial charge on any atom is -0.461 e. The number of benzene rings is 1. The molecule has 0 aliphatic carbocycles. The van der Waals surface area contributed by atoms with Gasteiger partial charge in [0.2, 0.25) is 0 Å². The number of aromatic nitrogens is 3. The summed E-state index contributed by atoms with van der Waals surface area (Å²) in [7, 11) is 0.0483. The average Bonchev–Trinajstić information content (AvgIpc) is 3.31. The van der Waals surface area contributed by atoms with Gasteiger partial charge in [-0.1, -0.05) is 32.9 Å². The van der Waals surface area contributed by atoms with Crippen molar-refractivity contribution in [2.75, 3.05) is 19.8 Å². The average molecular weight is 572 g/mol. The summed E-state index contributed by atoms with van der Waals surface area (Å²) in [6, 6.07) is 4.70. The topological polar surface area (TPSA) is 67.5 Å². The molecule has 220 valence electrons. The number of hydrogen-bond acceptors (Lipinski definition) is 5. The quantitative estimate of drug-likeness (QED) is 0.0953. The Hall–Kier alpha value is -2.75. The van der Waals surface area contributed by atoms with Crippen molar-refractivity contribution >= 4 is 25.2 Å². The van der Waals surface area contributed by atoms with Crippen molar-refractivity contribution in [3.8, 4) is 0 Å². The van der Waals surface area contributed by atoms with Crippen LogP contribution in [-0.4, -0.2) is 48.5 Å². The third kappa shape index (κ3) is 7.30. The number of carbonyl (C=O) groups is 1. The molecule has 0 unspecified atom stereocenters. The zero-order valence-electron chi connectivity index (χ0n) is 25.7. The molecule has 3 aromatic rings. The Labute approximate surface area is 239 Å². The van der Waals surface area contributed by atoms with Crippen molar-refractivity contribution in [1.82, 2.24) is 14.3 Å². The van der Waals surface area contributed by atoms with Crippen LogP contribution in [0.5, 0.6) is 0 Å². The molecule has 0 radical (unpaired) electrons. The van der Waals surface area contributed by atoms with E-state index in [1.165, 1.54) is 12.1 Å². The number of fused-ring (bicyclic) bond motifs is 1. The number of aryl methyl sites for hydroxylation is 2. The van der Waals surface area contributed by atoms with Gasteiger partial charge in [-0.15, -0.1) is 0 Å². The first-order valence-corrected chi connectivity index (χ1v) is 17.0. The Kier molecular flexibility index (Phi) is 10.5. The van der Waals surface area contributed by atoms with Crippen molar-refractivity contribution in [2.45, 2.75) is 85.7 Å². The highest BCUT2D eigenvalue weighted by Crippen LogP contribution is 2.37. The van der Waals surface area contributed by atoms with Gasteiger partial charge in [0.15, 0.2) is 8.32 Å². The largest absolute Gasteiger partial charge is 0.461 e. The van der Waals surface area contributed by atoms with E-state index in [1.54, 1.807) is 13.0 Å². The lowest BCUT2D eigenvalue weighted by atomic mass is 10.1. The highest BCUT2D eigenvalue weighted by molar-refractivity contribution is 6.74. The van der Waals surface area contributed by atoms with Crippen LogP contribution in [-0.2, 0) is 40.5 Å². The second-order valence-electron chi connectivity index (χ2n) is 11.8. The van der Waals surface area contributed by atoms with Crippen LogP contribution in [0.25, 0.3) is 10.9 Å². The van der Waals surface area contributed by atoms with Crippen molar-refractivity contribution in [1.29, 1.82) is 0 Å². The van der Waals surface area contributed by atoms with Crippen molar-refractivity contribution < 1.29 is 23.1 Å². The van der Waals surface area contributed by atoms with E-state index in [0.29, 0.717) is 44.0 Å². The van der Waals surface area contributed by atoms with E-state index in [2.05, 4.69) is 39.0 Å². The predicted octanol–water partition coefficient (Wildman–Crippen LogP) is 7.03. The number of esters is 1. The smallest absolute Gasteiger partial charge is 0.355 e. The third-order valence-electron chi connectivity index (χ3n) is 8.08. The van der Waals surface area contributed by atoms with Gasteiger partial charge in [-0.3, -0.25) is 4.68 Å². The fourth-order valence-corrected chi connectivity index (χ4v) is 5.54. The Morgan fingerprint density at radius 1 is 1.18 bits per heavy atom. The summed E-state index contributed by atoms with van der Waals surface area (Å²) in [5, 5.41) is 5.48. The fraction of sp³-hybridized carbons (Fsp3) is 0.548. The number of nitrogens with zero attached hydrogens (tertiary/aromatic N) is 3. The van der Waals surface area contributed by atoms with Crippen LogP contribution in [0.1, 0.15) is 67.1 Å². The molecule has 40 heavy (non-hydrogen) atoms. The number of halogens is 1. The van der Waals surface area contributed by atoms with Crippen LogP contribution in [0.4, 0.5) is 4.39 Å². The lowest BCUT2D eigenvalue weighted by Gasteiger charge is -2.36. The van der Waals surface area contributed by atoms with E-state index in [0.717, 1.165) is 34.3 Å². The van der Waals surface area contributed by atoms with Crippen LogP contribution in [0.2, 0.25) is 18.1 Å². The van der Waals surface area contributed by atoms with Crippen molar-refractivity contribution in [3.63, 3.8) is 0 Å². The van der Waals surface area contributed by atoms with Crippen molar-refractivity contribution in [3.05, 3.63) is 64.4 Å². The zero-order chi connectivity index (χ0) is 29.7. The number of carbonyl (C=O) groups excluding carboxylic acids is 1. The van der Waals surface area contributed by atoms with E-state index in [1.807, 2.05) is 42.3 Å². The summed E-state index contributed by atoms with van der Waals surface area (Å²) in [6.07, 6.45) is 5.24. The third-order valence-corrected chi connectivity index (χ3v) is 12.6. The molecule has 0 saturated heterocycles. The molecule has 0 spiro atoms. The van der Waals surface area contributed by atoms with Crippen molar-refractivity contribution in [2.24, 2.45) is 7.05 Å². The first-order chi connectivity index (χ1) is 18.8. The zero-order valence-corrected chi connectivity index (χ0v) is 26.7. The Morgan fingerprint density at radius 2 is 1.90 bits per heavy atom. The molecule has 0 bridgehead atoms. The van der Waals surface area contributed by atoms with Gasteiger partial charge in [0.1, 0.15) is 11.5 Å². The van der Waals surface area contributed by atoms with Crippen LogP contribution in [0, 0.1) is 19.7 Å². The molecule has 0 saturated carbocycles. The van der Waals surface area contributed by atoms with E-state index in [-0.39, 0.29) is 17.5 Å². The highest BCUT2D eigenvalue weighted by atomic mass is 28.4. The van der Waals surface area contributed by atoms with Gasteiger partial charge in [0.25, 0.3) is 0 Å². The van der Waals surface area contributed by atoms with E-state index in [4.69, 9.17) is 13.9 Å². The summed E-state index contributed by atoms with van der Waals surface area (Å²) in [5.41, 5.74) is 5.20. The first-order valence-electron chi connectivity index (χ1n) is 14.1. The predicted molar refractivity (Wildman–Crippen MR) is 161 cm³/mol. The van der Waals surface area contributed by atoms with E-state index >= 15 is 0 Å². The molecular formula is C31H46FN3O4Si. The van der Waals surface area contributed by atoms with E-state index < -0.39 is 14.3 Å². The molecule has 0 amide bonds. The Morgan fingerprint density at radius 3 is 2.52 bits per heavy atom. The molecule has 0 atom stereocenters. The van der Waals surface area contributed by atoms with Gasteiger partial charge in [-0.2, -0.15) is 5.10 Å². The summed E-state index contributed by atoms with van der Waals surface area (Å²) in [5.74, 6) is -0.743. The maximum absolute atomic E-state index is 14.4. The SMILES string of the molecule is CCOC(=O)c1c(CCCO[Si](C)(C)C(C)(C)C)c2ccc(F)cc2n1C/C=C\COCc1nn(C)c(C)c1C. The minimum atomic E-state index is -1.88. The summed E-state index contributed by atoms with van der Waals surface area (Å²) in [6.45, 7) is 19.1. The molecule has 7 nitrogen and oxygen atoms in total. The van der Waals surface area contributed by atoms with Crippen LogP contribution in [0.3, 0.4) is 0 Å². The summed E-state index contributed by atoms with van der Waals surface area (Å²) in [4.78, 5) is 13.2. The van der Waals surface area contributed by atoms with Gasteiger partial charge in [0, 0.05) is 31.3 Å². The maximum Gasteiger partial charge on any atom is 0.355 e. The lowest BCUT2D eigenvalue weighted by Crippen LogP contribution is -2.41.